The van der Waals surface area contributed by atoms with E-state index in [0.717, 1.165) is 31.6 Å². The predicted octanol–water partition coefficient (Wildman–Crippen LogP) is 2.54. The van der Waals surface area contributed by atoms with Crippen molar-refractivity contribution in [2.45, 2.75) is 25.4 Å². The second kappa shape index (κ2) is 8.76. The molecule has 4 rings (SSSR count). The number of anilines is 1. The first-order valence-electron chi connectivity index (χ1n) is 9.64. The molecular weight excluding hydrogens is 373 g/mol. The van der Waals surface area contributed by atoms with Crippen molar-refractivity contribution >= 4 is 11.6 Å². The molecule has 0 bridgehead atoms. The van der Waals surface area contributed by atoms with Gasteiger partial charge in [-0.05, 0) is 43.2 Å². The summed E-state index contributed by atoms with van der Waals surface area (Å²) in [7, 11) is 1.74. The highest BCUT2D eigenvalue weighted by Crippen LogP contribution is 2.20. The number of nitrogens with zero attached hydrogens (tertiary/aromatic N) is 4. The topological polar surface area (TPSA) is 94.4 Å². The van der Waals surface area contributed by atoms with Gasteiger partial charge in [-0.3, -0.25) is 10.1 Å². The number of hydrogen-bond acceptors (Lipinski definition) is 5. The van der Waals surface area contributed by atoms with Gasteiger partial charge in [-0.2, -0.15) is 0 Å². The van der Waals surface area contributed by atoms with E-state index in [9.17, 15) is 4.39 Å². The molecule has 3 aromatic rings. The quantitative estimate of drug-likeness (QED) is 0.452. The molecule has 8 nitrogen and oxygen atoms in total. The third-order valence-corrected chi connectivity index (χ3v) is 4.93. The standard InChI is InChI=1S/C20H24FN7O/c1-22-20(23-13-18-25-19(27-26-18)17-6-3-11-29-17)24-15-7-9-28(10-8-15)16-5-2-4-14(21)12-16/h2-6,11-12,15H,7-10,13H2,1H3,(H2,22,23,24)(H,25,26,27). The highest BCUT2D eigenvalue weighted by atomic mass is 19.1. The lowest BCUT2D eigenvalue weighted by Crippen LogP contribution is -2.48. The number of aromatic amines is 1. The monoisotopic (exact) mass is 397 g/mol. The van der Waals surface area contributed by atoms with Crippen molar-refractivity contribution in [3.05, 3.63) is 54.3 Å². The number of guanidine groups is 1. The van der Waals surface area contributed by atoms with Crippen LogP contribution in [0.2, 0.25) is 0 Å². The minimum absolute atomic E-state index is 0.199. The molecule has 0 radical (unpaired) electrons. The van der Waals surface area contributed by atoms with Crippen LogP contribution >= 0.6 is 0 Å². The van der Waals surface area contributed by atoms with Gasteiger partial charge in [0.1, 0.15) is 11.6 Å². The van der Waals surface area contributed by atoms with Gasteiger partial charge in [0.15, 0.2) is 11.7 Å². The fourth-order valence-corrected chi connectivity index (χ4v) is 3.40. The van der Waals surface area contributed by atoms with Crippen LogP contribution in [0, 0.1) is 5.82 Å². The molecule has 0 saturated carbocycles. The number of piperidine rings is 1. The van der Waals surface area contributed by atoms with Gasteiger partial charge in [-0.25, -0.2) is 9.37 Å². The van der Waals surface area contributed by atoms with Gasteiger partial charge in [0, 0.05) is 31.9 Å². The normalized spacial score (nSPS) is 15.5. The van der Waals surface area contributed by atoms with Crippen molar-refractivity contribution in [2.75, 3.05) is 25.0 Å². The summed E-state index contributed by atoms with van der Waals surface area (Å²) in [6.07, 6.45) is 3.49. The van der Waals surface area contributed by atoms with E-state index in [-0.39, 0.29) is 5.82 Å². The SMILES string of the molecule is CN=C(NCc1nc(-c2ccco2)n[nH]1)NC1CCN(c2cccc(F)c2)CC1. The van der Waals surface area contributed by atoms with E-state index in [2.05, 4.69) is 35.7 Å². The molecule has 3 heterocycles. The van der Waals surface area contributed by atoms with E-state index in [4.69, 9.17) is 4.42 Å². The number of H-pyrrole nitrogens is 1. The Morgan fingerprint density at radius 3 is 2.90 bits per heavy atom. The zero-order valence-electron chi connectivity index (χ0n) is 16.2. The van der Waals surface area contributed by atoms with Crippen LogP contribution in [0.3, 0.4) is 0 Å². The molecule has 152 valence electrons. The fraction of sp³-hybridized carbons (Fsp3) is 0.350. The van der Waals surface area contributed by atoms with Crippen LogP contribution in [-0.2, 0) is 6.54 Å². The van der Waals surface area contributed by atoms with Gasteiger partial charge in [0.2, 0.25) is 5.82 Å². The van der Waals surface area contributed by atoms with Gasteiger partial charge in [0.25, 0.3) is 0 Å². The summed E-state index contributed by atoms with van der Waals surface area (Å²) in [5, 5.41) is 13.8. The van der Waals surface area contributed by atoms with Gasteiger partial charge >= 0.3 is 0 Å². The van der Waals surface area contributed by atoms with Crippen molar-refractivity contribution in [1.29, 1.82) is 0 Å². The number of furan rings is 1. The average Bonchev–Trinajstić information content (AvgIpc) is 3.43. The molecule has 0 aliphatic carbocycles. The molecule has 1 aromatic carbocycles. The number of halogens is 1. The molecule has 1 aliphatic heterocycles. The zero-order valence-corrected chi connectivity index (χ0v) is 16.2. The molecule has 0 amide bonds. The smallest absolute Gasteiger partial charge is 0.216 e. The van der Waals surface area contributed by atoms with Crippen LogP contribution < -0.4 is 15.5 Å². The average molecular weight is 397 g/mol. The summed E-state index contributed by atoms with van der Waals surface area (Å²) >= 11 is 0. The third kappa shape index (κ3) is 4.74. The number of rotatable bonds is 5. The Bertz CT molecular complexity index is 945. The lowest BCUT2D eigenvalue weighted by Gasteiger charge is -2.34. The highest BCUT2D eigenvalue weighted by molar-refractivity contribution is 5.79. The summed E-state index contributed by atoms with van der Waals surface area (Å²) in [6.45, 7) is 2.20. The molecule has 0 unspecified atom stereocenters. The van der Waals surface area contributed by atoms with E-state index in [0.29, 0.717) is 36.0 Å². The van der Waals surface area contributed by atoms with E-state index >= 15 is 0 Å². The maximum absolute atomic E-state index is 13.4. The fourth-order valence-electron chi connectivity index (χ4n) is 3.40. The molecule has 2 aromatic heterocycles. The van der Waals surface area contributed by atoms with E-state index in [1.165, 1.54) is 6.07 Å². The van der Waals surface area contributed by atoms with Crippen molar-refractivity contribution in [2.24, 2.45) is 4.99 Å². The summed E-state index contributed by atoms with van der Waals surface area (Å²) in [6, 6.07) is 10.7. The lowest BCUT2D eigenvalue weighted by molar-refractivity contribution is 0.460. The van der Waals surface area contributed by atoms with Crippen molar-refractivity contribution < 1.29 is 8.81 Å². The summed E-state index contributed by atoms with van der Waals surface area (Å²) in [4.78, 5) is 10.9. The van der Waals surface area contributed by atoms with Crippen LogP contribution in [0.5, 0.6) is 0 Å². The first kappa shape index (κ1) is 19.0. The van der Waals surface area contributed by atoms with Crippen LogP contribution in [0.4, 0.5) is 10.1 Å². The highest BCUT2D eigenvalue weighted by Gasteiger charge is 2.20. The van der Waals surface area contributed by atoms with Crippen molar-refractivity contribution in [1.82, 2.24) is 25.8 Å². The summed E-state index contributed by atoms with van der Waals surface area (Å²) in [5.41, 5.74) is 0.934. The Labute approximate surface area is 168 Å². The Kier molecular flexibility index (Phi) is 5.73. The second-order valence-corrected chi connectivity index (χ2v) is 6.89. The number of aliphatic imine (C=N–C) groups is 1. The second-order valence-electron chi connectivity index (χ2n) is 6.89. The molecule has 9 heteroatoms. The van der Waals surface area contributed by atoms with E-state index in [1.807, 2.05) is 12.1 Å². The van der Waals surface area contributed by atoms with Crippen LogP contribution in [0.1, 0.15) is 18.7 Å². The van der Waals surface area contributed by atoms with E-state index in [1.54, 1.807) is 31.5 Å². The number of aromatic nitrogens is 3. The van der Waals surface area contributed by atoms with Gasteiger partial charge in [-0.15, -0.1) is 5.10 Å². The van der Waals surface area contributed by atoms with Gasteiger partial charge in [0.05, 0.1) is 12.8 Å². The predicted molar refractivity (Wildman–Crippen MR) is 109 cm³/mol. The van der Waals surface area contributed by atoms with Gasteiger partial charge in [-0.1, -0.05) is 6.07 Å². The Morgan fingerprint density at radius 1 is 1.31 bits per heavy atom. The summed E-state index contributed by atoms with van der Waals surface area (Å²) < 4.78 is 18.7. The number of nitrogens with one attached hydrogen (secondary N) is 3. The molecular formula is C20H24FN7O. The largest absolute Gasteiger partial charge is 0.461 e. The van der Waals surface area contributed by atoms with E-state index < -0.39 is 0 Å². The summed E-state index contributed by atoms with van der Waals surface area (Å²) in [5.74, 6) is 2.36. The molecule has 0 atom stereocenters. The maximum atomic E-state index is 13.4. The lowest BCUT2D eigenvalue weighted by atomic mass is 10.0. The molecule has 1 aliphatic rings. The Balaban J connectivity index is 1.26. The van der Waals surface area contributed by atoms with Gasteiger partial charge < -0.3 is 20.0 Å². The first-order chi connectivity index (χ1) is 14.2. The third-order valence-electron chi connectivity index (χ3n) is 4.93. The van der Waals surface area contributed by atoms with Crippen LogP contribution in [-0.4, -0.2) is 47.3 Å². The number of hydrogen-bond donors (Lipinski definition) is 3. The molecule has 29 heavy (non-hydrogen) atoms. The zero-order chi connectivity index (χ0) is 20.1. The van der Waals surface area contributed by atoms with Crippen LogP contribution in [0.25, 0.3) is 11.6 Å². The minimum atomic E-state index is -0.199. The Morgan fingerprint density at radius 2 is 2.17 bits per heavy atom. The van der Waals surface area contributed by atoms with Crippen molar-refractivity contribution in [3.63, 3.8) is 0 Å². The molecule has 3 N–H and O–H groups in total. The molecule has 1 fully saturated rings. The first-order valence-corrected chi connectivity index (χ1v) is 9.64. The van der Waals surface area contributed by atoms with Crippen LogP contribution in [0.15, 0.2) is 52.1 Å². The minimum Gasteiger partial charge on any atom is -0.461 e. The Hall–Kier alpha value is -3.36. The maximum Gasteiger partial charge on any atom is 0.216 e. The number of benzene rings is 1. The molecule has 0 spiro atoms. The molecule has 1 saturated heterocycles. The van der Waals surface area contributed by atoms with Crippen molar-refractivity contribution in [3.8, 4) is 11.6 Å².